The highest BCUT2D eigenvalue weighted by atomic mass is 16.5. The summed E-state index contributed by atoms with van der Waals surface area (Å²) in [6.07, 6.45) is 7.34. The average molecular weight is 466 g/mol. The quantitative estimate of drug-likeness (QED) is 0.439. The van der Waals surface area contributed by atoms with Crippen molar-refractivity contribution in [1.82, 2.24) is 15.0 Å². The van der Waals surface area contributed by atoms with Crippen molar-refractivity contribution >= 4 is 11.6 Å². The van der Waals surface area contributed by atoms with E-state index in [-0.39, 0.29) is 18.1 Å². The van der Waals surface area contributed by atoms with Crippen LogP contribution in [0.5, 0.6) is 5.88 Å². The predicted octanol–water partition coefficient (Wildman–Crippen LogP) is 4.44. The number of rotatable bonds is 6. The van der Waals surface area contributed by atoms with E-state index in [0.29, 0.717) is 24.5 Å². The van der Waals surface area contributed by atoms with Crippen LogP contribution in [0.3, 0.4) is 0 Å². The molecule has 7 nitrogen and oxygen atoms in total. The average Bonchev–Trinajstić information content (AvgIpc) is 3.40. The molecular formula is C28H27N5O2. The first-order valence-electron chi connectivity index (χ1n) is 12.0. The molecule has 1 amide bonds. The summed E-state index contributed by atoms with van der Waals surface area (Å²) in [4.78, 5) is 26.9. The number of imidazole rings is 1. The van der Waals surface area contributed by atoms with Gasteiger partial charge in [0.2, 0.25) is 5.88 Å². The van der Waals surface area contributed by atoms with E-state index >= 15 is 0 Å². The highest BCUT2D eigenvalue weighted by Crippen LogP contribution is 2.42. The van der Waals surface area contributed by atoms with E-state index in [1.165, 1.54) is 6.42 Å². The van der Waals surface area contributed by atoms with Gasteiger partial charge in [-0.3, -0.25) is 4.79 Å². The summed E-state index contributed by atoms with van der Waals surface area (Å²) in [7, 11) is 0. The SMILES string of the molecule is NC1(c2ccc(-c3nc4c(cc3-c3ccccc3)N(CCc3ncc[nH]3)C(=O)CO4)cc2)CCC1. The first-order valence-corrected chi connectivity index (χ1v) is 12.0. The molecule has 0 atom stereocenters. The molecule has 0 radical (unpaired) electrons. The number of amides is 1. The minimum absolute atomic E-state index is 0.0308. The van der Waals surface area contributed by atoms with E-state index in [1.807, 2.05) is 24.3 Å². The van der Waals surface area contributed by atoms with Gasteiger partial charge in [-0.25, -0.2) is 9.97 Å². The van der Waals surface area contributed by atoms with Crippen molar-refractivity contribution in [2.24, 2.45) is 5.73 Å². The van der Waals surface area contributed by atoms with Gasteiger partial charge < -0.3 is 20.4 Å². The molecule has 0 spiro atoms. The summed E-state index contributed by atoms with van der Waals surface area (Å²) < 4.78 is 5.81. The maximum absolute atomic E-state index is 12.8. The number of ether oxygens (including phenoxy) is 1. The molecule has 2 aromatic carbocycles. The Kier molecular flexibility index (Phi) is 5.34. The van der Waals surface area contributed by atoms with Gasteiger partial charge in [0.15, 0.2) is 6.61 Å². The number of hydrogen-bond donors (Lipinski definition) is 2. The van der Waals surface area contributed by atoms with E-state index in [4.69, 9.17) is 15.5 Å². The summed E-state index contributed by atoms with van der Waals surface area (Å²) in [5, 5.41) is 0. The Morgan fingerprint density at radius 1 is 1.06 bits per heavy atom. The molecule has 2 aromatic heterocycles. The number of hydrogen-bond acceptors (Lipinski definition) is 5. The van der Waals surface area contributed by atoms with Crippen LogP contribution in [-0.2, 0) is 16.8 Å². The number of pyridine rings is 1. The maximum atomic E-state index is 12.8. The summed E-state index contributed by atoms with van der Waals surface area (Å²) in [5.41, 5.74) is 12.0. The van der Waals surface area contributed by atoms with Crippen LogP contribution >= 0.6 is 0 Å². The number of benzene rings is 2. The first kappa shape index (κ1) is 21.6. The van der Waals surface area contributed by atoms with Gasteiger partial charge in [0.05, 0.1) is 5.69 Å². The normalized spacial score (nSPS) is 16.4. The number of carbonyl (C=O) groups excluding carboxylic acids is 1. The second kappa shape index (κ2) is 8.67. The lowest BCUT2D eigenvalue weighted by Crippen LogP contribution is -2.43. The van der Waals surface area contributed by atoms with Crippen molar-refractivity contribution in [3.63, 3.8) is 0 Å². The summed E-state index contributed by atoms with van der Waals surface area (Å²) in [6, 6.07) is 20.6. The Morgan fingerprint density at radius 2 is 1.86 bits per heavy atom. The first-order chi connectivity index (χ1) is 17.1. The lowest BCUT2D eigenvalue weighted by molar-refractivity contribution is -0.121. The fourth-order valence-corrected chi connectivity index (χ4v) is 4.89. The molecule has 4 aromatic rings. The number of fused-ring (bicyclic) bond motifs is 1. The van der Waals surface area contributed by atoms with Crippen LogP contribution in [0.2, 0.25) is 0 Å². The van der Waals surface area contributed by atoms with Crippen molar-refractivity contribution in [3.05, 3.63) is 84.4 Å². The van der Waals surface area contributed by atoms with Gasteiger partial charge in [0.1, 0.15) is 11.5 Å². The lowest BCUT2D eigenvalue weighted by Gasteiger charge is -2.38. The monoisotopic (exact) mass is 465 g/mol. The molecule has 1 fully saturated rings. The zero-order chi connectivity index (χ0) is 23.8. The Hall–Kier alpha value is -3.97. The largest absolute Gasteiger partial charge is 0.466 e. The van der Waals surface area contributed by atoms with Crippen molar-refractivity contribution < 1.29 is 9.53 Å². The van der Waals surface area contributed by atoms with E-state index < -0.39 is 0 Å². The maximum Gasteiger partial charge on any atom is 0.265 e. The third-order valence-corrected chi connectivity index (χ3v) is 7.08. The van der Waals surface area contributed by atoms with Crippen LogP contribution in [0.25, 0.3) is 22.4 Å². The number of nitrogens with zero attached hydrogens (tertiary/aromatic N) is 3. The van der Waals surface area contributed by atoms with Gasteiger partial charge >= 0.3 is 0 Å². The third-order valence-electron chi connectivity index (χ3n) is 7.08. The van der Waals surface area contributed by atoms with Crippen LogP contribution in [0, 0.1) is 0 Å². The topological polar surface area (TPSA) is 97.1 Å². The molecule has 1 aliphatic carbocycles. The van der Waals surface area contributed by atoms with Crippen molar-refractivity contribution in [2.45, 2.75) is 31.2 Å². The van der Waals surface area contributed by atoms with Gasteiger partial charge in [-0.2, -0.15) is 0 Å². The van der Waals surface area contributed by atoms with E-state index in [2.05, 4.69) is 46.4 Å². The number of nitrogens with two attached hydrogens (primary N) is 1. The Labute approximate surface area is 204 Å². The molecule has 0 bridgehead atoms. The van der Waals surface area contributed by atoms with E-state index in [9.17, 15) is 4.79 Å². The molecule has 176 valence electrons. The summed E-state index contributed by atoms with van der Waals surface area (Å²) in [6.45, 7) is 0.460. The highest BCUT2D eigenvalue weighted by molar-refractivity contribution is 5.99. The molecule has 35 heavy (non-hydrogen) atoms. The molecule has 3 heterocycles. The fourth-order valence-electron chi connectivity index (χ4n) is 4.89. The smallest absolute Gasteiger partial charge is 0.265 e. The number of aromatic nitrogens is 3. The Balaban J connectivity index is 1.42. The van der Waals surface area contributed by atoms with Crippen LogP contribution in [0.1, 0.15) is 30.7 Å². The molecule has 0 saturated heterocycles. The van der Waals surface area contributed by atoms with Gasteiger partial charge in [-0.05, 0) is 36.5 Å². The van der Waals surface area contributed by atoms with Gasteiger partial charge in [0, 0.05) is 42.0 Å². The fraction of sp³-hybridized carbons (Fsp3) is 0.250. The van der Waals surface area contributed by atoms with Crippen LogP contribution < -0.4 is 15.4 Å². The van der Waals surface area contributed by atoms with Crippen LogP contribution in [-0.4, -0.2) is 34.0 Å². The number of nitrogens with one attached hydrogen (secondary N) is 1. The standard InChI is InChI=1S/C28H27N5O2/c29-28(12-4-13-28)21-9-7-20(8-10-21)26-22(19-5-2-1-3-6-19)17-23-27(32-26)35-18-25(34)33(23)16-11-24-30-14-15-31-24/h1-3,5-10,14-15,17H,4,11-13,16,18,29H2,(H,30,31). The lowest BCUT2D eigenvalue weighted by atomic mass is 9.72. The zero-order valence-electron chi connectivity index (χ0n) is 19.4. The number of aromatic amines is 1. The van der Waals surface area contributed by atoms with Crippen LogP contribution in [0.4, 0.5) is 5.69 Å². The Morgan fingerprint density at radius 3 is 2.54 bits per heavy atom. The number of H-pyrrole nitrogens is 1. The van der Waals surface area contributed by atoms with E-state index in [0.717, 1.165) is 46.6 Å². The third kappa shape index (κ3) is 3.98. The second-order valence-corrected chi connectivity index (χ2v) is 9.28. The number of anilines is 1. The van der Waals surface area contributed by atoms with E-state index in [1.54, 1.807) is 17.3 Å². The predicted molar refractivity (Wildman–Crippen MR) is 135 cm³/mol. The van der Waals surface area contributed by atoms with Crippen molar-refractivity contribution in [3.8, 4) is 28.3 Å². The summed E-state index contributed by atoms with van der Waals surface area (Å²) >= 11 is 0. The van der Waals surface area contributed by atoms with Crippen LogP contribution in [0.15, 0.2) is 73.1 Å². The van der Waals surface area contributed by atoms with Gasteiger partial charge in [-0.15, -0.1) is 0 Å². The Bertz CT molecular complexity index is 1350. The molecule has 1 aliphatic heterocycles. The summed E-state index contributed by atoms with van der Waals surface area (Å²) in [5.74, 6) is 1.22. The molecular weight excluding hydrogens is 438 g/mol. The minimum Gasteiger partial charge on any atom is -0.466 e. The van der Waals surface area contributed by atoms with Crippen molar-refractivity contribution in [1.29, 1.82) is 0 Å². The zero-order valence-corrected chi connectivity index (χ0v) is 19.4. The number of carbonyl (C=O) groups is 1. The molecule has 6 rings (SSSR count). The van der Waals surface area contributed by atoms with Crippen molar-refractivity contribution in [2.75, 3.05) is 18.1 Å². The second-order valence-electron chi connectivity index (χ2n) is 9.28. The van der Waals surface area contributed by atoms with Gasteiger partial charge in [-0.1, -0.05) is 54.6 Å². The molecule has 7 heteroatoms. The molecule has 3 N–H and O–H groups in total. The molecule has 2 aliphatic rings. The molecule has 0 unspecified atom stereocenters. The minimum atomic E-state index is -0.206. The van der Waals surface area contributed by atoms with Gasteiger partial charge in [0.25, 0.3) is 5.91 Å². The highest BCUT2D eigenvalue weighted by Gasteiger charge is 2.34. The molecule has 1 saturated carbocycles.